The van der Waals surface area contributed by atoms with E-state index in [9.17, 15) is 9.59 Å². The molecule has 9 nitrogen and oxygen atoms in total. The third kappa shape index (κ3) is 3.14. The molecule has 0 saturated carbocycles. The van der Waals surface area contributed by atoms with Crippen LogP contribution in [0.2, 0.25) is 0 Å². The van der Waals surface area contributed by atoms with E-state index in [1.165, 1.54) is 11.6 Å². The molecule has 2 aromatic rings. The zero-order chi connectivity index (χ0) is 15.6. The van der Waals surface area contributed by atoms with Crippen LogP contribution < -0.4 is 10.6 Å². The molecule has 0 aliphatic rings. The highest BCUT2D eigenvalue weighted by Crippen LogP contribution is 2.25. The number of rotatable bonds is 3. The van der Waals surface area contributed by atoms with Crippen molar-refractivity contribution < 1.29 is 14.7 Å². The van der Waals surface area contributed by atoms with E-state index in [4.69, 9.17) is 5.11 Å². The van der Waals surface area contributed by atoms with Crippen molar-refractivity contribution >= 4 is 23.5 Å². The van der Waals surface area contributed by atoms with E-state index in [-0.39, 0.29) is 11.7 Å². The molecule has 0 aliphatic carbocycles. The molecule has 0 unspecified atom stereocenters. The molecule has 2 heterocycles. The molecule has 21 heavy (non-hydrogen) atoms. The van der Waals surface area contributed by atoms with Gasteiger partial charge in [-0.25, -0.2) is 14.5 Å². The van der Waals surface area contributed by atoms with E-state index in [1.807, 2.05) is 0 Å². The predicted molar refractivity (Wildman–Crippen MR) is 74.9 cm³/mol. The van der Waals surface area contributed by atoms with Gasteiger partial charge >= 0.3 is 6.09 Å². The van der Waals surface area contributed by atoms with Crippen LogP contribution in [0, 0.1) is 6.92 Å². The largest absolute Gasteiger partial charge is 0.465 e. The van der Waals surface area contributed by atoms with Crippen LogP contribution >= 0.6 is 0 Å². The monoisotopic (exact) mass is 290 g/mol. The summed E-state index contributed by atoms with van der Waals surface area (Å²) in [6.45, 7) is 3.14. The molecule has 0 bridgehead atoms. The van der Waals surface area contributed by atoms with E-state index >= 15 is 0 Å². The lowest BCUT2D eigenvalue weighted by atomic mass is 10.2. The second-order valence-electron chi connectivity index (χ2n) is 4.35. The number of hydrogen-bond donors (Lipinski definition) is 3. The molecular weight excluding hydrogens is 276 g/mol. The maximum atomic E-state index is 11.1. The van der Waals surface area contributed by atoms with Gasteiger partial charge in [0.25, 0.3) is 0 Å². The third-order valence-electron chi connectivity index (χ3n) is 2.69. The standard InChI is InChI=1S/C12H14N6O3/c1-6-8(14-7(2)19)4-5-9(13-6)10-11(15-12(20)21)18(3)17-16-10/h4-5,15H,1-3H3,(H,14,19)(H,20,21). The number of nitrogens with one attached hydrogen (secondary N) is 2. The molecule has 0 aliphatic heterocycles. The van der Waals surface area contributed by atoms with Crippen LogP contribution in [-0.4, -0.2) is 37.1 Å². The number of carbonyl (C=O) groups excluding carboxylic acids is 1. The summed E-state index contributed by atoms with van der Waals surface area (Å²) in [5.41, 5.74) is 1.95. The van der Waals surface area contributed by atoms with Crippen LogP contribution in [0.5, 0.6) is 0 Å². The highest BCUT2D eigenvalue weighted by molar-refractivity contribution is 5.90. The molecule has 3 N–H and O–H groups in total. The highest BCUT2D eigenvalue weighted by atomic mass is 16.4. The first kappa shape index (κ1) is 14.4. The van der Waals surface area contributed by atoms with Crippen LogP contribution in [-0.2, 0) is 11.8 Å². The molecule has 0 spiro atoms. The number of aryl methyl sites for hydroxylation is 2. The molecular formula is C12H14N6O3. The van der Waals surface area contributed by atoms with E-state index < -0.39 is 6.09 Å². The summed E-state index contributed by atoms with van der Waals surface area (Å²) in [7, 11) is 1.57. The van der Waals surface area contributed by atoms with Gasteiger partial charge in [0.2, 0.25) is 5.91 Å². The molecule has 0 aromatic carbocycles. The Labute approximate surface area is 120 Å². The van der Waals surface area contributed by atoms with Crippen LogP contribution in [0.4, 0.5) is 16.3 Å². The van der Waals surface area contributed by atoms with Gasteiger partial charge in [0, 0.05) is 14.0 Å². The number of amides is 2. The minimum atomic E-state index is -1.21. The lowest BCUT2D eigenvalue weighted by molar-refractivity contribution is -0.114. The van der Waals surface area contributed by atoms with Gasteiger partial charge in [-0.2, -0.15) is 0 Å². The summed E-state index contributed by atoms with van der Waals surface area (Å²) in [6.07, 6.45) is -1.21. The van der Waals surface area contributed by atoms with E-state index in [2.05, 4.69) is 25.9 Å². The summed E-state index contributed by atoms with van der Waals surface area (Å²) in [4.78, 5) is 26.2. The second kappa shape index (κ2) is 5.57. The number of carbonyl (C=O) groups is 2. The average Bonchev–Trinajstić information content (AvgIpc) is 2.73. The molecule has 2 aromatic heterocycles. The Bertz CT molecular complexity index is 709. The molecule has 0 atom stereocenters. The molecule has 2 amide bonds. The van der Waals surface area contributed by atoms with E-state index in [0.717, 1.165) is 0 Å². The Balaban J connectivity index is 2.41. The number of carboxylic acid groups (broad SMARTS) is 1. The highest BCUT2D eigenvalue weighted by Gasteiger charge is 2.17. The Morgan fingerprint density at radius 2 is 2.00 bits per heavy atom. The predicted octanol–water partition coefficient (Wildman–Crippen LogP) is 1.23. The quantitative estimate of drug-likeness (QED) is 0.781. The van der Waals surface area contributed by atoms with Crippen molar-refractivity contribution in [1.82, 2.24) is 20.0 Å². The molecule has 9 heteroatoms. The minimum absolute atomic E-state index is 0.194. The SMILES string of the molecule is CC(=O)Nc1ccc(-c2nnn(C)c2NC(=O)O)nc1C. The summed E-state index contributed by atoms with van der Waals surface area (Å²) in [5, 5.41) is 21.4. The Hall–Kier alpha value is -2.97. The van der Waals surface area contributed by atoms with Gasteiger partial charge in [0.1, 0.15) is 0 Å². The number of anilines is 2. The maximum Gasteiger partial charge on any atom is 0.410 e. The lowest BCUT2D eigenvalue weighted by Gasteiger charge is -2.08. The summed E-state index contributed by atoms with van der Waals surface area (Å²) >= 11 is 0. The second-order valence-corrected chi connectivity index (χ2v) is 4.35. The van der Waals surface area contributed by atoms with Crippen molar-refractivity contribution in [1.29, 1.82) is 0 Å². The molecule has 0 radical (unpaired) electrons. The van der Waals surface area contributed by atoms with Gasteiger partial charge in [-0.15, -0.1) is 5.10 Å². The maximum absolute atomic E-state index is 11.1. The summed E-state index contributed by atoms with van der Waals surface area (Å²) in [5.74, 6) is 0.0297. The Kier molecular flexibility index (Phi) is 3.83. The van der Waals surface area contributed by atoms with Gasteiger partial charge < -0.3 is 10.4 Å². The van der Waals surface area contributed by atoms with Crippen molar-refractivity contribution in [2.75, 3.05) is 10.6 Å². The van der Waals surface area contributed by atoms with Crippen LogP contribution in [0.25, 0.3) is 11.4 Å². The smallest absolute Gasteiger partial charge is 0.410 e. The Morgan fingerprint density at radius 1 is 1.29 bits per heavy atom. The minimum Gasteiger partial charge on any atom is -0.465 e. The molecule has 2 rings (SSSR count). The van der Waals surface area contributed by atoms with Crippen molar-refractivity contribution in [3.05, 3.63) is 17.8 Å². The first-order valence-electron chi connectivity index (χ1n) is 6.03. The fourth-order valence-electron chi connectivity index (χ4n) is 1.79. The van der Waals surface area contributed by atoms with Gasteiger partial charge in [-0.1, -0.05) is 5.21 Å². The van der Waals surface area contributed by atoms with Crippen LogP contribution in [0.1, 0.15) is 12.6 Å². The van der Waals surface area contributed by atoms with Crippen LogP contribution in [0.3, 0.4) is 0 Å². The Morgan fingerprint density at radius 3 is 2.57 bits per heavy atom. The number of pyridine rings is 1. The van der Waals surface area contributed by atoms with Crippen LogP contribution in [0.15, 0.2) is 12.1 Å². The van der Waals surface area contributed by atoms with Crippen molar-refractivity contribution in [3.8, 4) is 11.4 Å². The van der Waals surface area contributed by atoms with Gasteiger partial charge in [-0.05, 0) is 19.1 Å². The third-order valence-corrected chi connectivity index (χ3v) is 2.69. The van der Waals surface area contributed by atoms with Crippen molar-refractivity contribution in [3.63, 3.8) is 0 Å². The zero-order valence-corrected chi connectivity index (χ0v) is 11.7. The molecule has 0 fully saturated rings. The number of nitrogens with zero attached hydrogens (tertiary/aromatic N) is 4. The first-order valence-corrected chi connectivity index (χ1v) is 6.03. The molecule has 110 valence electrons. The summed E-state index contributed by atoms with van der Waals surface area (Å²) in [6, 6.07) is 3.31. The fraction of sp³-hybridized carbons (Fsp3) is 0.250. The normalized spacial score (nSPS) is 10.2. The topological polar surface area (TPSA) is 122 Å². The van der Waals surface area contributed by atoms with Gasteiger partial charge in [0.15, 0.2) is 11.5 Å². The lowest BCUT2D eigenvalue weighted by Crippen LogP contribution is -2.12. The zero-order valence-electron chi connectivity index (χ0n) is 11.7. The number of aromatic nitrogens is 4. The number of hydrogen-bond acceptors (Lipinski definition) is 5. The van der Waals surface area contributed by atoms with Crippen molar-refractivity contribution in [2.24, 2.45) is 7.05 Å². The van der Waals surface area contributed by atoms with E-state index in [1.54, 1.807) is 26.1 Å². The summed E-state index contributed by atoms with van der Waals surface area (Å²) < 4.78 is 1.31. The van der Waals surface area contributed by atoms with E-state index in [0.29, 0.717) is 22.8 Å². The van der Waals surface area contributed by atoms with Gasteiger partial charge in [-0.3, -0.25) is 10.1 Å². The van der Waals surface area contributed by atoms with Gasteiger partial charge in [0.05, 0.1) is 17.1 Å². The van der Waals surface area contributed by atoms with Crippen molar-refractivity contribution in [2.45, 2.75) is 13.8 Å². The first-order chi connectivity index (χ1) is 9.88. The molecule has 0 saturated heterocycles. The average molecular weight is 290 g/mol. The fourth-order valence-corrected chi connectivity index (χ4v) is 1.79.